The fourth-order valence-corrected chi connectivity index (χ4v) is 2.62. The van der Waals surface area contributed by atoms with Crippen molar-refractivity contribution < 1.29 is 14.7 Å². The molecular weight excluding hydrogens is 343 g/mol. The number of allylic oxidation sites excluding steroid dienone is 2. The van der Waals surface area contributed by atoms with Crippen LogP contribution in [0.3, 0.4) is 0 Å². The Hall–Kier alpha value is -2.38. The summed E-state index contributed by atoms with van der Waals surface area (Å²) in [4.78, 5) is 28.1. The highest BCUT2D eigenvalue weighted by Crippen LogP contribution is 2.34. The van der Waals surface area contributed by atoms with Crippen LogP contribution >= 0.6 is 23.2 Å². The third kappa shape index (κ3) is 2.93. The number of aromatic nitrogens is 3. The van der Waals surface area contributed by atoms with Crippen LogP contribution in [0.25, 0.3) is 0 Å². The number of aromatic hydroxyl groups is 1. The number of fused-ring (bicyclic) bond motifs is 1. The van der Waals surface area contributed by atoms with Crippen LogP contribution in [-0.2, 0) is 6.42 Å². The van der Waals surface area contributed by atoms with E-state index < -0.39 is 5.91 Å². The Kier molecular flexibility index (Phi) is 3.83. The van der Waals surface area contributed by atoms with Crippen LogP contribution in [0.15, 0.2) is 23.8 Å². The number of carbonyl (C=O) groups excluding carboxylic acids is 2. The molecule has 1 aromatic carbocycles. The summed E-state index contributed by atoms with van der Waals surface area (Å²) in [5, 5.41) is 15.9. The van der Waals surface area contributed by atoms with Crippen molar-refractivity contribution >= 4 is 40.7 Å². The lowest BCUT2D eigenvalue weighted by Crippen LogP contribution is -2.19. The molecule has 0 bridgehead atoms. The number of hydrogen-bond acceptors (Lipinski definition) is 5. The van der Waals surface area contributed by atoms with Gasteiger partial charge in [0.15, 0.2) is 5.75 Å². The van der Waals surface area contributed by atoms with Gasteiger partial charge in [0.2, 0.25) is 5.82 Å². The summed E-state index contributed by atoms with van der Waals surface area (Å²) >= 11 is 11.6. The minimum Gasteiger partial charge on any atom is -0.505 e. The Labute approximate surface area is 140 Å². The molecule has 23 heavy (non-hydrogen) atoms. The average Bonchev–Trinajstić information content (AvgIpc) is 2.89. The van der Waals surface area contributed by atoms with Gasteiger partial charge in [0.1, 0.15) is 5.82 Å². The highest BCUT2D eigenvalue weighted by Gasteiger charge is 2.23. The Bertz CT molecular complexity index is 850. The standard InChI is InChI=1S/C14H10Cl2N4O3/c1-6-2-10-18-13(19-20(10)11(21)3-6)14(23)17-7-4-8(15)12(22)9(16)5-7/h3-5,22H,2H2,1H3,(H,17,23). The van der Waals surface area contributed by atoms with Gasteiger partial charge in [-0.1, -0.05) is 28.8 Å². The molecule has 0 unspecified atom stereocenters. The summed E-state index contributed by atoms with van der Waals surface area (Å²) < 4.78 is 1.10. The molecule has 2 heterocycles. The van der Waals surface area contributed by atoms with Gasteiger partial charge in [-0.15, -0.1) is 5.10 Å². The maximum absolute atomic E-state index is 12.2. The lowest BCUT2D eigenvalue weighted by molar-refractivity contribution is 0.0944. The first-order valence-corrected chi connectivity index (χ1v) is 7.27. The zero-order chi connectivity index (χ0) is 16.7. The first-order valence-electron chi connectivity index (χ1n) is 6.52. The zero-order valence-electron chi connectivity index (χ0n) is 11.8. The summed E-state index contributed by atoms with van der Waals surface area (Å²) in [6.07, 6.45) is 1.89. The van der Waals surface area contributed by atoms with E-state index in [2.05, 4.69) is 15.4 Å². The Balaban J connectivity index is 1.85. The van der Waals surface area contributed by atoms with Crippen LogP contribution in [0.1, 0.15) is 28.2 Å². The van der Waals surface area contributed by atoms with E-state index in [1.807, 2.05) is 0 Å². The third-order valence-corrected chi connectivity index (χ3v) is 3.74. The molecule has 2 N–H and O–H groups in total. The fourth-order valence-electron chi connectivity index (χ4n) is 2.13. The van der Waals surface area contributed by atoms with Crippen molar-refractivity contribution in [1.82, 2.24) is 14.8 Å². The number of phenolic OH excluding ortho intramolecular Hbond substituents is 1. The molecule has 9 heteroatoms. The summed E-state index contributed by atoms with van der Waals surface area (Å²) in [5.41, 5.74) is 1.12. The minimum atomic E-state index is -0.616. The van der Waals surface area contributed by atoms with Crippen molar-refractivity contribution in [3.8, 4) is 5.75 Å². The number of benzene rings is 1. The van der Waals surface area contributed by atoms with E-state index in [1.165, 1.54) is 18.2 Å². The largest absolute Gasteiger partial charge is 0.505 e. The maximum atomic E-state index is 12.2. The molecule has 7 nitrogen and oxygen atoms in total. The predicted octanol–water partition coefficient (Wildman–Crippen LogP) is 2.69. The van der Waals surface area contributed by atoms with E-state index in [9.17, 15) is 14.7 Å². The number of halogens is 2. The summed E-state index contributed by atoms with van der Waals surface area (Å²) in [6, 6.07) is 2.68. The molecule has 1 aliphatic rings. The van der Waals surface area contributed by atoms with E-state index in [-0.39, 0.29) is 33.2 Å². The van der Waals surface area contributed by atoms with Crippen molar-refractivity contribution in [2.24, 2.45) is 0 Å². The number of nitrogens with one attached hydrogen (secondary N) is 1. The SMILES string of the molecule is CC1=CC(=O)n2nc(C(=O)Nc3cc(Cl)c(O)c(Cl)c3)nc2C1. The smallest absolute Gasteiger partial charge is 0.295 e. The van der Waals surface area contributed by atoms with E-state index >= 15 is 0 Å². The zero-order valence-corrected chi connectivity index (χ0v) is 13.3. The van der Waals surface area contributed by atoms with Crippen LogP contribution in [0.2, 0.25) is 10.0 Å². The molecule has 0 saturated carbocycles. The van der Waals surface area contributed by atoms with Gasteiger partial charge in [0.05, 0.1) is 10.0 Å². The van der Waals surface area contributed by atoms with Crippen LogP contribution in [0, 0.1) is 0 Å². The Morgan fingerprint density at radius 1 is 1.35 bits per heavy atom. The monoisotopic (exact) mass is 352 g/mol. The molecule has 0 aliphatic carbocycles. The molecule has 0 fully saturated rings. The van der Waals surface area contributed by atoms with Gasteiger partial charge >= 0.3 is 0 Å². The Morgan fingerprint density at radius 3 is 2.65 bits per heavy atom. The van der Waals surface area contributed by atoms with Crippen LogP contribution in [0.4, 0.5) is 5.69 Å². The second-order valence-corrected chi connectivity index (χ2v) is 5.83. The molecule has 1 amide bonds. The minimum absolute atomic E-state index is 0.0000958. The number of rotatable bonds is 2. The van der Waals surface area contributed by atoms with Gasteiger partial charge in [-0.25, -0.2) is 4.98 Å². The van der Waals surface area contributed by atoms with Crippen molar-refractivity contribution in [3.05, 3.63) is 45.5 Å². The third-order valence-electron chi connectivity index (χ3n) is 3.17. The average molecular weight is 353 g/mol. The van der Waals surface area contributed by atoms with E-state index in [4.69, 9.17) is 23.2 Å². The summed E-state index contributed by atoms with van der Waals surface area (Å²) in [6.45, 7) is 1.80. The van der Waals surface area contributed by atoms with Crippen molar-refractivity contribution in [2.75, 3.05) is 5.32 Å². The number of amides is 1. The van der Waals surface area contributed by atoms with Gasteiger partial charge in [-0.05, 0) is 19.1 Å². The van der Waals surface area contributed by atoms with Crippen LogP contribution in [0.5, 0.6) is 5.75 Å². The molecule has 1 aromatic heterocycles. The number of hydrogen-bond donors (Lipinski definition) is 2. The van der Waals surface area contributed by atoms with Crippen molar-refractivity contribution in [3.63, 3.8) is 0 Å². The maximum Gasteiger partial charge on any atom is 0.295 e. The summed E-state index contributed by atoms with van der Waals surface area (Å²) in [5.74, 6) is -0.964. The second-order valence-electron chi connectivity index (χ2n) is 5.01. The molecule has 1 aliphatic heterocycles. The fraction of sp³-hybridized carbons (Fsp3) is 0.143. The molecule has 2 aromatic rings. The molecule has 118 valence electrons. The molecule has 0 atom stereocenters. The van der Waals surface area contributed by atoms with Gasteiger partial charge in [-0.3, -0.25) is 9.59 Å². The normalized spacial score (nSPS) is 13.5. The highest BCUT2D eigenvalue weighted by atomic mass is 35.5. The van der Waals surface area contributed by atoms with Crippen LogP contribution in [-0.4, -0.2) is 31.7 Å². The highest BCUT2D eigenvalue weighted by molar-refractivity contribution is 6.37. The first-order chi connectivity index (χ1) is 10.8. The topological polar surface area (TPSA) is 97.1 Å². The number of carbonyl (C=O) groups is 2. The van der Waals surface area contributed by atoms with Crippen molar-refractivity contribution in [1.29, 1.82) is 0 Å². The quantitative estimate of drug-likeness (QED) is 0.809. The molecule has 0 spiro atoms. The van der Waals surface area contributed by atoms with Gasteiger partial charge in [0, 0.05) is 18.2 Å². The molecule has 3 rings (SSSR count). The van der Waals surface area contributed by atoms with E-state index in [0.717, 1.165) is 10.3 Å². The van der Waals surface area contributed by atoms with Gasteiger partial charge < -0.3 is 10.4 Å². The Morgan fingerprint density at radius 2 is 2.00 bits per heavy atom. The van der Waals surface area contributed by atoms with Crippen molar-refractivity contribution in [2.45, 2.75) is 13.3 Å². The van der Waals surface area contributed by atoms with Gasteiger partial charge in [0.25, 0.3) is 11.8 Å². The summed E-state index contributed by atoms with van der Waals surface area (Å²) in [7, 11) is 0. The molecule has 0 radical (unpaired) electrons. The molecule has 0 saturated heterocycles. The predicted molar refractivity (Wildman–Crippen MR) is 84.2 cm³/mol. The lowest BCUT2D eigenvalue weighted by Gasteiger charge is -2.07. The van der Waals surface area contributed by atoms with Gasteiger partial charge in [-0.2, -0.15) is 4.68 Å². The van der Waals surface area contributed by atoms with E-state index in [0.29, 0.717) is 12.2 Å². The number of anilines is 1. The lowest BCUT2D eigenvalue weighted by atomic mass is 10.1. The number of nitrogens with zero attached hydrogens (tertiary/aromatic N) is 3. The molecular formula is C14H10Cl2N4O3. The van der Waals surface area contributed by atoms with E-state index in [1.54, 1.807) is 6.92 Å². The second kappa shape index (κ2) is 5.68. The number of phenols is 1. The van der Waals surface area contributed by atoms with Crippen LogP contribution < -0.4 is 5.32 Å². The first kappa shape index (κ1) is 15.5.